The third-order valence-electron chi connectivity index (χ3n) is 4.04. The van der Waals surface area contributed by atoms with Crippen LogP contribution in [-0.4, -0.2) is 52.6 Å². The second-order valence-corrected chi connectivity index (χ2v) is 5.54. The van der Waals surface area contributed by atoms with E-state index in [-0.39, 0.29) is 17.6 Å². The normalized spacial score (nSPS) is 20.9. The van der Waals surface area contributed by atoms with Crippen molar-refractivity contribution in [3.05, 3.63) is 29.3 Å². The summed E-state index contributed by atoms with van der Waals surface area (Å²) in [6.07, 6.45) is 1.06. The van der Waals surface area contributed by atoms with Gasteiger partial charge < -0.3 is 19.6 Å². The van der Waals surface area contributed by atoms with Gasteiger partial charge in [-0.3, -0.25) is 0 Å². The molecule has 2 heterocycles. The summed E-state index contributed by atoms with van der Waals surface area (Å²) in [7, 11) is 0. The Labute approximate surface area is 122 Å². The Kier molecular flexibility index (Phi) is 3.45. The summed E-state index contributed by atoms with van der Waals surface area (Å²) in [5.74, 6) is -0.423. The number of nitrogens with zero attached hydrogens (tertiary/aromatic N) is 2. The van der Waals surface area contributed by atoms with E-state index in [4.69, 9.17) is 9.84 Å². The Morgan fingerprint density at radius 2 is 2.10 bits per heavy atom. The van der Waals surface area contributed by atoms with E-state index in [1.165, 1.54) is 6.07 Å². The number of carbonyl (C=O) groups excluding carboxylic acids is 1. The second-order valence-electron chi connectivity index (χ2n) is 5.54. The molecule has 112 valence electrons. The van der Waals surface area contributed by atoms with Gasteiger partial charge in [-0.1, -0.05) is 6.07 Å². The first-order valence-electron chi connectivity index (χ1n) is 7.11. The van der Waals surface area contributed by atoms with E-state index in [9.17, 15) is 9.59 Å². The van der Waals surface area contributed by atoms with Gasteiger partial charge in [0.15, 0.2) is 0 Å². The van der Waals surface area contributed by atoms with E-state index in [1.807, 2.05) is 11.8 Å². The van der Waals surface area contributed by atoms with Crippen LogP contribution in [0.25, 0.3) is 0 Å². The van der Waals surface area contributed by atoms with Gasteiger partial charge in [-0.15, -0.1) is 0 Å². The van der Waals surface area contributed by atoms with E-state index in [0.717, 1.165) is 25.1 Å². The highest BCUT2D eigenvalue weighted by Gasteiger charge is 2.31. The number of carboxylic acids is 1. The molecule has 6 nitrogen and oxygen atoms in total. The van der Waals surface area contributed by atoms with Crippen LogP contribution in [0.4, 0.5) is 4.79 Å². The fourth-order valence-electron chi connectivity index (χ4n) is 2.54. The van der Waals surface area contributed by atoms with Crippen LogP contribution in [0.2, 0.25) is 0 Å². The number of carboxylic acid groups (broad SMARTS) is 1. The smallest absolute Gasteiger partial charge is 0.335 e. The maximum absolute atomic E-state index is 12.4. The minimum Gasteiger partial charge on any atom is -0.491 e. The Balaban J connectivity index is 1.86. The van der Waals surface area contributed by atoms with Crippen molar-refractivity contribution in [3.63, 3.8) is 0 Å². The summed E-state index contributed by atoms with van der Waals surface area (Å²) in [5.41, 5.74) is 1.04. The average molecular weight is 290 g/mol. The highest BCUT2D eigenvalue weighted by molar-refractivity contribution is 5.88. The molecule has 1 aromatic carbocycles. The Morgan fingerprint density at radius 3 is 2.71 bits per heavy atom. The maximum Gasteiger partial charge on any atom is 0.335 e. The molecule has 0 radical (unpaired) electrons. The molecule has 6 heteroatoms. The third-order valence-corrected chi connectivity index (χ3v) is 4.04. The van der Waals surface area contributed by atoms with Crippen LogP contribution in [-0.2, 0) is 6.54 Å². The Bertz CT molecular complexity index is 583. The summed E-state index contributed by atoms with van der Waals surface area (Å²) in [6, 6.07) is 4.80. The zero-order valence-electron chi connectivity index (χ0n) is 11.9. The van der Waals surface area contributed by atoms with Crippen LogP contribution < -0.4 is 4.74 Å². The second kappa shape index (κ2) is 5.27. The monoisotopic (exact) mass is 290 g/mol. The van der Waals surface area contributed by atoms with E-state index in [2.05, 4.69) is 0 Å². The van der Waals surface area contributed by atoms with Gasteiger partial charge >= 0.3 is 12.0 Å². The van der Waals surface area contributed by atoms with Crippen molar-refractivity contribution in [1.29, 1.82) is 0 Å². The standard InChI is InChI=1S/C15H18N2O4/c1-10-9-21-13-7-11(14(18)19)3-4-12(13)8-17(10)15(20)16-5-2-6-16/h3-4,7,10H,2,5-6,8-9H2,1H3,(H,18,19). The van der Waals surface area contributed by atoms with E-state index < -0.39 is 5.97 Å². The quantitative estimate of drug-likeness (QED) is 0.856. The number of hydrogen-bond donors (Lipinski definition) is 1. The van der Waals surface area contributed by atoms with Gasteiger partial charge in [-0.25, -0.2) is 9.59 Å². The van der Waals surface area contributed by atoms with E-state index in [0.29, 0.717) is 18.9 Å². The Hall–Kier alpha value is -2.24. The largest absolute Gasteiger partial charge is 0.491 e. The summed E-state index contributed by atoms with van der Waals surface area (Å²) >= 11 is 0. The summed E-state index contributed by atoms with van der Waals surface area (Å²) in [4.78, 5) is 27.1. The number of rotatable bonds is 1. The molecule has 1 unspecified atom stereocenters. The van der Waals surface area contributed by atoms with Crippen molar-refractivity contribution >= 4 is 12.0 Å². The highest BCUT2D eigenvalue weighted by atomic mass is 16.5. The molecule has 21 heavy (non-hydrogen) atoms. The average Bonchev–Trinajstić information content (AvgIpc) is 2.56. The van der Waals surface area contributed by atoms with Gasteiger partial charge in [-0.05, 0) is 25.5 Å². The topological polar surface area (TPSA) is 70.1 Å². The molecule has 1 N–H and O–H groups in total. The van der Waals surface area contributed by atoms with Crippen LogP contribution in [0.5, 0.6) is 5.75 Å². The molecule has 0 bridgehead atoms. The molecule has 0 aromatic heterocycles. The Morgan fingerprint density at radius 1 is 1.33 bits per heavy atom. The fourth-order valence-corrected chi connectivity index (χ4v) is 2.54. The molecule has 2 aliphatic rings. The van der Waals surface area contributed by atoms with Crippen molar-refractivity contribution in [2.24, 2.45) is 0 Å². The van der Waals surface area contributed by atoms with E-state index >= 15 is 0 Å². The first-order chi connectivity index (χ1) is 10.1. The number of urea groups is 1. The molecule has 1 fully saturated rings. The van der Waals surface area contributed by atoms with Crippen LogP contribution >= 0.6 is 0 Å². The van der Waals surface area contributed by atoms with E-state index in [1.54, 1.807) is 17.0 Å². The summed E-state index contributed by atoms with van der Waals surface area (Å²) in [5, 5.41) is 9.03. The van der Waals surface area contributed by atoms with Crippen molar-refractivity contribution < 1.29 is 19.4 Å². The lowest BCUT2D eigenvalue weighted by atomic mass is 10.1. The zero-order chi connectivity index (χ0) is 15.0. The molecule has 2 amide bonds. The van der Waals surface area contributed by atoms with Gasteiger partial charge in [0.25, 0.3) is 0 Å². The van der Waals surface area contributed by atoms with Crippen molar-refractivity contribution in [2.75, 3.05) is 19.7 Å². The van der Waals surface area contributed by atoms with Crippen LogP contribution in [0.3, 0.4) is 0 Å². The van der Waals surface area contributed by atoms with Gasteiger partial charge in [0.2, 0.25) is 0 Å². The van der Waals surface area contributed by atoms with Gasteiger partial charge in [-0.2, -0.15) is 0 Å². The van der Waals surface area contributed by atoms with Gasteiger partial charge in [0, 0.05) is 18.7 Å². The minimum absolute atomic E-state index is 0.0347. The van der Waals surface area contributed by atoms with Crippen molar-refractivity contribution in [1.82, 2.24) is 9.80 Å². The molecule has 0 aliphatic carbocycles. The number of benzene rings is 1. The predicted octanol–water partition coefficient (Wildman–Crippen LogP) is 1.79. The van der Waals surface area contributed by atoms with Crippen LogP contribution in [0.1, 0.15) is 29.3 Å². The SMILES string of the molecule is CC1COc2cc(C(=O)O)ccc2CN1C(=O)N1CCC1. The number of aromatic carboxylic acids is 1. The molecule has 3 rings (SSSR count). The molecule has 1 aromatic rings. The fraction of sp³-hybridized carbons (Fsp3) is 0.467. The van der Waals surface area contributed by atoms with Crippen molar-refractivity contribution in [3.8, 4) is 5.75 Å². The number of likely N-dealkylation sites (tertiary alicyclic amines) is 1. The van der Waals surface area contributed by atoms with Gasteiger partial charge in [0.05, 0.1) is 18.2 Å². The van der Waals surface area contributed by atoms with Crippen LogP contribution in [0.15, 0.2) is 18.2 Å². The van der Waals surface area contributed by atoms with Crippen molar-refractivity contribution in [2.45, 2.75) is 25.9 Å². The summed E-state index contributed by atoms with van der Waals surface area (Å²) < 4.78 is 5.69. The van der Waals surface area contributed by atoms with Crippen LogP contribution in [0, 0.1) is 0 Å². The zero-order valence-corrected chi connectivity index (χ0v) is 11.9. The minimum atomic E-state index is -0.979. The maximum atomic E-state index is 12.4. The third kappa shape index (κ3) is 2.53. The molecule has 2 aliphatic heterocycles. The summed E-state index contributed by atoms with van der Waals surface area (Å²) in [6.45, 7) is 4.39. The lowest BCUT2D eigenvalue weighted by molar-refractivity contribution is 0.0696. The number of carbonyl (C=O) groups is 2. The highest BCUT2D eigenvalue weighted by Crippen LogP contribution is 2.27. The number of ether oxygens (including phenoxy) is 1. The van der Waals surface area contributed by atoms with Gasteiger partial charge in [0.1, 0.15) is 12.4 Å². The molecule has 1 atom stereocenters. The first kappa shape index (κ1) is 13.7. The molecular formula is C15H18N2O4. The number of amides is 2. The molecule has 1 saturated heterocycles. The molecular weight excluding hydrogens is 272 g/mol. The molecule has 0 spiro atoms. The first-order valence-corrected chi connectivity index (χ1v) is 7.11. The molecule has 0 saturated carbocycles. The predicted molar refractivity (Wildman–Crippen MR) is 75.5 cm³/mol. The number of hydrogen-bond acceptors (Lipinski definition) is 3. The lowest BCUT2D eigenvalue weighted by Gasteiger charge is -2.37. The number of fused-ring (bicyclic) bond motifs is 1. The lowest BCUT2D eigenvalue weighted by Crippen LogP contribution is -2.52.